The fraction of sp³-hybridized carbons (Fsp3) is 0.562. The number of aryl methyl sites for hydroxylation is 1. The largest absolute Gasteiger partial charge is 0.494 e. The fourth-order valence-electron chi connectivity index (χ4n) is 2.76. The maximum absolute atomic E-state index is 12.0. The first-order chi connectivity index (χ1) is 9.52. The molecule has 0 spiro atoms. The molecule has 4 nitrogen and oxygen atoms in total. The van der Waals surface area contributed by atoms with Crippen molar-refractivity contribution < 1.29 is 14.6 Å². The minimum absolute atomic E-state index is 0.127. The lowest BCUT2D eigenvalue weighted by Crippen LogP contribution is -2.30. The van der Waals surface area contributed by atoms with Gasteiger partial charge in [-0.05, 0) is 50.5 Å². The molecule has 0 bridgehead atoms. The summed E-state index contributed by atoms with van der Waals surface area (Å²) in [7, 11) is 0. The Labute approximate surface area is 120 Å². The van der Waals surface area contributed by atoms with Crippen LogP contribution in [0, 0.1) is 6.92 Å². The van der Waals surface area contributed by atoms with Crippen LogP contribution in [0.4, 0.5) is 5.69 Å². The van der Waals surface area contributed by atoms with Gasteiger partial charge >= 0.3 is 0 Å². The molecule has 1 aromatic rings. The third-order valence-electron chi connectivity index (χ3n) is 3.78. The van der Waals surface area contributed by atoms with Gasteiger partial charge in [0.15, 0.2) is 0 Å². The van der Waals surface area contributed by atoms with E-state index in [-0.39, 0.29) is 12.3 Å². The summed E-state index contributed by atoms with van der Waals surface area (Å²) in [5.41, 5.74) is 0.937. The predicted molar refractivity (Wildman–Crippen MR) is 79.0 cm³/mol. The second kappa shape index (κ2) is 6.27. The van der Waals surface area contributed by atoms with Gasteiger partial charge in [0, 0.05) is 5.69 Å². The van der Waals surface area contributed by atoms with E-state index in [1.54, 1.807) is 0 Å². The quantitative estimate of drug-likeness (QED) is 0.869. The Bertz CT molecular complexity index is 479. The molecule has 20 heavy (non-hydrogen) atoms. The predicted octanol–water partition coefficient (Wildman–Crippen LogP) is 3.03. The maximum atomic E-state index is 12.0. The minimum atomic E-state index is -0.801. The first kappa shape index (κ1) is 14.9. The summed E-state index contributed by atoms with van der Waals surface area (Å²) in [4.78, 5) is 12.0. The van der Waals surface area contributed by atoms with Crippen LogP contribution < -0.4 is 10.1 Å². The fourth-order valence-corrected chi connectivity index (χ4v) is 2.76. The molecule has 2 N–H and O–H groups in total. The van der Waals surface area contributed by atoms with Crippen molar-refractivity contribution in [1.82, 2.24) is 0 Å². The molecule has 0 saturated heterocycles. The molecule has 0 aromatic heterocycles. The molecule has 0 unspecified atom stereocenters. The third kappa shape index (κ3) is 3.73. The number of benzene rings is 1. The van der Waals surface area contributed by atoms with Gasteiger partial charge in [0.05, 0.1) is 18.6 Å². The SMILES string of the molecule is CCOc1ccc(NC(=O)CC2(O)CCCC2)cc1C. The molecule has 0 atom stereocenters. The van der Waals surface area contributed by atoms with Crippen LogP contribution in [0.3, 0.4) is 0 Å². The maximum Gasteiger partial charge on any atom is 0.227 e. The van der Waals surface area contributed by atoms with Crippen molar-refractivity contribution in [2.45, 2.75) is 51.6 Å². The van der Waals surface area contributed by atoms with Crippen molar-refractivity contribution in [3.8, 4) is 5.75 Å². The molecule has 0 aliphatic heterocycles. The van der Waals surface area contributed by atoms with Crippen LogP contribution in [0.15, 0.2) is 18.2 Å². The summed E-state index contributed by atoms with van der Waals surface area (Å²) in [6.45, 7) is 4.52. The van der Waals surface area contributed by atoms with E-state index in [4.69, 9.17) is 4.74 Å². The highest BCUT2D eigenvalue weighted by Crippen LogP contribution is 2.32. The van der Waals surface area contributed by atoms with Crippen molar-refractivity contribution in [2.24, 2.45) is 0 Å². The van der Waals surface area contributed by atoms with Gasteiger partial charge in [-0.3, -0.25) is 4.79 Å². The molecular formula is C16H23NO3. The molecule has 1 fully saturated rings. The Kier molecular flexibility index (Phi) is 4.65. The number of rotatable bonds is 5. The summed E-state index contributed by atoms with van der Waals surface area (Å²) in [6.07, 6.45) is 3.64. The number of nitrogens with one attached hydrogen (secondary N) is 1. The number of ether oxygens (including phenoxy) is 1. The molecule has 1 aliphatic carbocycles. The first-order valence-electron chi connectivity index (χ1n) is 7.28. The van der Waals surface area contributed by atoms with Crippen molar-refractivity contribution >= 4 is 11.6 Å². The molecule has 4 heteroatoms. The minimum Gasteiger partial charge on any atom is -0.494 e. The van der Waals surface area contributed by atoms with Crippen LogP contribution in [-0.4, -0.2) is 23.2 Å². The Hall–Kier alpha value is -1.55. The highest BCUT2D eigenvalue weighted by molar-refractivity contribution is 5.91. The molecule has 1 aromatic carbocycles. The van der Waals surface area contributed by atoms with Gasteiger partial charge in [-0.25, -0.2) is 0 Å². The van der Waals surface area contributed by atoms with Crippen LogP contribution >= 0.6 is 0 Å². The van der Waals surface area contributed by atoms with Crippen LogP contribution in [0.25, 0.3) is 0 Å². The van der Waals surface area contributed by atoms with E-state index in [1.807, 2.05) is 32.0 Å². The zero-order chi connectivity index (χ0) is 14.6. The van der Waals surface area contributed by atoms with E-state index in [2.05, 4.69) is 5.32 Å². The lowest BCUT2D eigenvalue weighted by molar-refractivity contribution is -0.120. The van der Waals surface area contributed by atoms with Crippen molar-refractivity contribution in [2.75, 3.05) is 11.9 Å². The van der Waals surface area contributed by atoms with Gasteiger partial charge in [0.2, 0.25) is 5.91 Å². The zero-order valence-electron chi connectivity index (χ0n) is 12.2. The van der Waals surface area contributed by atoms with Gasteiger partial charge < -0.3 is 15.2 Å². The van der Waals surface area contributed by atoms with E-state index < -0.39 is 5.60 Å². The highest BCUT2D eigenvalue weighted by atomic mass is 16.5. The summed E-state index contributed by atoms with van der Waals surface area (Å²) in [5.74, 6) is 0.706. The third-order valence-corrected chi connectivity index (χ3v) is 3.78. The standard InChI is InChI=1S/C16H23NO3/c1-3-20-14-7-6-13(10-12(14)2)17-15(18)11-16(19)8-4-5-9-16/h6-7,10,19H,3-5,8-9,11H2,1-2H3,(H,17,18). The van der Waals surface area contributed by atoms with Gasteiger partial charge in [0.1, 0.15) is 5.75 Å². The van der Waals surface area contributed by atoms with E-state index >= 15 is 0 Å². The van der Waals surface area contributed by atoms with Gasteiger partial charge in [-0.15, -0.1) is 0 Å². The molecule has 1 amide bonds. The summed E-state index contributed by atoms with van der Waals surface area (Å²) >= 11 is 0. The Morgan fingerprint density at radius 3 is 2.70 bits per heavy atom. The number of anilines is 1. The molecule has 0 heterocycles. The average Bonchev–Trinajstić information content (AvgIpc) is 2.79. The molecule has 1 aliphatic rings. The summed E-state index contributed by atoms with van der Waals surface area (Å²) in [6, 6.07) is 5.58. The van der Waals surface area contributed by atoms with Crippen LogP contribution in [0.2, 0.25) is 0 Å². The van der Waals surface area contributed by atoms with Gasteiger partial charge in [-0.1, -0.05) is 12.8 Å². The summed E-state index contributed by atoms with van der Waals surface area (Å²) < 4.78 is 5.47. The van der Waals surface area contributed by atoms with Gasteiger partial charge in [0.25, 0.3) is 0 Å². The molecule has 0 radical (unpaired) electrons. The van der Waals surface area contributed by atoms with E-state index in [0.717, 1.165) is 42.7 Å². The monoisotopic (exact) mass is 277 g/mol. The number of hydrogen-bond acceptors (Lipinski definition) is 3. The number of aliphatic hydroxyl groups is 1. The summed E-state index contributed by atoms with van der Waals surface area (Å²) in [5, 5.41) is 13.1. The number of carbonyl (C=O) groups excluding carboxylic acids is 1. The van der Waals surface area contributed by atoms with Crippen LogP contribution in [0.1, 0.15) is 44.6 Å². The molecule has 2 rings (SSSR count). The normalized spacial score (nSPS) is 16.9. The average molecular weight is 277 g/mol. The van der Waals surface area contributed by atoms with Crippen molar-refractivity contribution in [3.63, 3.8) is 0 Å². The number of amides is 1. The van der Waals surface area contributed by atoms with Gasteiger partial charge in [-0.2, -0.15) is 0 Å². The van der Waals surface area contributed by atoms with Crippen molar-refractivity contribution in [1.29, 1.82) is 0 Å². The highest BCUT2D eigenvalue weighted by Gasteiger charge is 2.33. The number of hydrogen-bond donors (Lipinski definition) is 2. The molecule has 1 saturated carbocycles. The Balaban J connectivity index is 1.95. The second-order valence-electron chi connectivity index (χ2n) is 5.57. The topological polar surface area (TPSA) is 58.6 Å². The lowest BCUT2D eigenvalue weighted by Gasteiger charge is -2.21. The van der Waals surface area contributed by atoms with E-state index in [1.165, 1.54) is 0 Å². The molecule has 110 valence electrons. The van der Waals surface area contributed by atoms with E-state index in [0.29, 0.717) is 6.61 Å². The molecular weight excluding hydrogens is 254 g/mol. The Morgan fingerprint density at radius 2 is 2.10 bits per heavy atom. The zero-order valence-corrected chi connectivity index (χ0v) is 12.2. The van der Waals surface area contributed by atoms with Crippen molar-refractivity contribution in [3.05, 3.63) is 23.8 Å². The smallest absolute Gasteiger partial charge is 0.227 e. The van der Waals surface area contributed by atoms with Crippen LogP contribution in [0.5, 0.6) is 5.75 Å². The van der Waals surface area contributed by atoms with E-state index in [9.17, 15) is 9.90 Å². The van der Waals surface area contributed by atoms with Crippen LogP contribution in [-0.2, 0) is 4.79 Å². The second-order valence-corrected chi connectivity index (χ2v) is 5.57. The Morgan fingerprint density at radius 1 is 1.40 bits per heavy atom. The lowest BCUT2D eigenvalue weighted by atomic mass is 9.97. The number of carbonyl (C=O) groups is 1. The first-order valence-corrected chi connectivity index (χ1v) is 7.28.